The molecule has 1 aromatic carbocycles. The van der Waals surface area contributed by atoms with Crippen molar-refractivity contribution in [1.82, 2.24) is 10.2 Å². The lowest BCUT2D eigenvalue weighted by molar-refractivity contribution is 0.310. The van der Waals surface area contributed by atoms with Crippen molar-refractivity contribution >= 4 is 0 Å². The van der Waals surface area contributed by atoms with Crippen molar-refractivity contribution in [1.29, 1.82) is 0 Å². The second-order valence-corrected chi connectivity index (χ2v) is 4.67. The van der Waals surface area contributed by atoms with Crippen molar-refractivity contribution in [2.24, 2.45) is 0 Å². The third kappa shape index (κ3) is 5.98. The van der Waals surface area contributed by atoms with Crippen LogP contribution in [0.4, 0.5) is 4.39 Å². The topological polar surface area (TPSA) is 24.5 Å². The third-order valence-corrected chi connectivity index (χ3v) is 2.64. The number of rotatable bonds is 8. The van der Waals surface area contributed by atoms with E-state index < -0.39 is 0 Å². The van der Waals surface area contributed by atoms with E-state index in [-0.39, 0.29) is 5.82 Å². The minimum absolute atomic E-state index is 0.191. The maximum Gasteiger partial charge on any atom is 0.126 e. The summed E-state index contributed by atoms with van der Waals surface area (Å²) in [5, 5.41) is 3.31. The molecule has 0 aliphatic heterocycles. The quantitative estimate of drug-likeness (QED) is 0.719. The van der Waals surface area contributed by atoms with Crippen LogP contribution in [0.5, 0.6) is 5.75 Å². The van der Waals surface area contributed by atoms with E-state index in [0.717, 1.165) is 31.8 Å². The van der Waals surface area contributed by atoms with E-state index in [0.29, 0.717) is 12.2 Å². The fourth-order valence-electron chi connectivity index (χ4n) is 1.59. The summed E-state index contributed by atoms with van der Waals surface area (Å²) in [5.74, 6) is 0.535. The zero-order valence-corrected chi connectivity index (χ0v) is 11.5. The van der Waals surface area contributed by atoms with E-state index in [4.69, 9.17) is 4.74 Å². The third-order valence-electron chi connectivity index (χ3n) is 2.64. The van der Waals surface area contributed by atoms with Gasteiger partial charge in [0.1, 0.15) is 18.2 Å². The van der Waals surface area contributed by atoms with Crippen molar-refractivity contribution in [3.8, 4) is 5.75 Å². The van der Waals surface area contributed by atoms with E-state index in [1.807, 2.05) is 0 Å². The Morgan fingerprint density at radius 1 is 1.28 bits per heavy atom. The molecule has 0 fully saturated rings. The van der Waals surface area contributed by atoms with Crippen LogP contribution < -0.4 is 10.1 Å². The molecule has 0 spiro atoms. The van der Waals surface area contributed by atoms with Crippen molar-refractivity contribution in [2.75, 3.05) is 40.3 Å². The van der Waals surface area contributed by atoms with E-state index in [9.17, 15) is 4.39 Å². The van der Waals surface area contributed by atoms with Crippen LogP contribution in [0.3, 0.4) is 0 Å². The van der Waals surface area contributed by atoms with Crippen LogP contribution in [0.15, 0.2) is 18.2 Å². The summed E-state index contributed by atoms with van der Waals surface area (Å²) >= 11 is 0. The van der Waals surface area contributed by atoms with Crippen LogP contribution in [-0.2, 0) is 0 Å². The molecule has 0 amide bonds. The van der Waals surface area contributed by atoms with Crippen LogP contribution in [0.25, 0.3) is 0 Å². The normalized spacial score (nSPS) is 10.9. The Hall–Kier alpha value is -1.13. The summed E-state index contributed by atoms with van der Waals surface area (Å²) in [6.45, 7) is 5.23. The highest BCUT2D eigenvalue weighted by molar-refractivity contribution is 5.28. The van der Waals surface area contributed by atoms with Gasteiger partial charge in [0, 0.05) is 6.54 Å². The largest absolute Gasteiger partial charge is 0.492 e. The van der Waals surface area contributed by atoms with Crippen LogP contribution in [-0.4, -0.2) is 45.2 Å². The molecule has 0 atom stereocenters. The molecule has 0 heterocycles. The van der Waals surface area contributed by atoms with Crippen molar-refractivity contribution in [3.05, 3.63) is 29.6 Å². The maximum atomic E-state index is 13.0. The summed E-state index contributed by atoms with van der Waals surface area (Å²) in [4.78, 5) is 2.17. The first kappa shape index (κ1) is 14.9. The molecular formula is C14H23FN2O. The molecule has 18 heavy (non-hydrogen) atoms. The Bertz CT molecular complexity index is 356. The van der Waals surface area contributed by atoms with Crippen LogP contribution in [0.2, 0.25) is 0 Å². The SMILES string of the molecule is Cc1cc(OCCNCCCN(C)C)ccc1F. The average Bonchev–Trinajstić information content (AvgIpc) is 2.32. The summed E-state index contributed by atoms with van der Waals surface area (Å²) in [7, 11) is 4.14. The summed E-state index contributed by atoms with van der Waals surface area (Å²) < 4.78 is 18.5. The van der Waals surface area contributed by atoms with Crippen LogP contribution in [0, 0.1) is 12.7 Å². The number of nitrogens with zero attached hydrogens (tertiary/aromatic N) is 1. The van der Waals surface area contributed by atoms with Gasteiger partial charge in [-0.05, 0) is 64.3 Å². The highest BCUT2D eigenvalue weighted by Crippen LogP contribution is 2.15. The Labute approximate surface area is 109 Å². The number of aryl methyl sites for hydroxylation is 1. The fraction of sp³-hybridized carbons (Fsp3) is 0.571. The Morgan fingerprint density at radius 2 is 2.06 bits per heavy atom. The smallest absolute Gasteiger partial charge is 0.126 e. The molecule has 0 unspecified atom stereocenters. The molecule has 102 valence electrons. The average molecular weight is 254 g/mol. The molecule has 0 aliphatic carbocycles. The lowest BCUT2D eigenvalue weighted by Gasteiger charge is -2.10. The number of hydrogen-bond acceptors (Lipinski definition) is 3. The first-order chi connectivity index (χ1) is 8.59. The van der Waals surface area contributed by atoms with E-state index in [2.05, 4.69) is 24.3 Å². The Kier molecular flexibility index (Phi) is 6.68. The van der Waals surface area contributed by atoms with E-state index >= 15 is 0 Å². The monoisotopic (exact) mass is 254 g/mol. The zero-order valence-electron chi connectivity index (χ0n) is 11.5. The lowest BCUT2D eigenvalue weighted by Crippen LogP contribution is -2.25. The van der Waals surface area contributed by atoms with Gasteiger partial charge in [-0.1, -0.05) is 0 Å². The second kappa shape index (κ2) is 8.06. The van der Waals surface area contributed by atoms with E-state index in [1.54, 1.807) is 19.1 Å². The maximum absolute atomic E-state index is 13.0. The Balaban J connectivity index is 2.09. The minimum Gasteiger partial charge on any atom is -0.492 e. The van der Waals surface area contributed by atoms with Crippen molar-refractivity contribution in [3.63, 3.8) is 0 Å². The van der Waals surface area contributed by atoms with Crippen molar-refractivity contribution < 1.29 is 9.13 Å². The first-order valence-electron chi connectivity index (χ1n) is 6.34. The second-order valence-electron chi connectivity index (χ2n) is 4.67. The van der Waals surface area contributed by atoms with Gasteiger partial charge in [-0.25, -0.2) is 4.39 Å². The minimum atomic E-state index is -0.191. The zero-order chi connectivity index (χ0) is 13.4. The molecule has 4 heteroatoms. The van der Waals surface area contributed by atoms with E-state index in [1.165, 1.54) is 6.07 Å². The van der Waals surface area contributed by atoms with Crippen LogP contribution >= 0.6 is 0 Å². The number of ether oxygens (including phenoxy) is 1. The van der Waals surface area contributed by atoms with Gasteiger partial charge < -0.3 is 15.0 Å². The molecule has 1 aromatic rings. The molecule has 0 saturated carbocycles. The fourth-order valence-corrected chi connectivity index (χ4v) is 1.59. The highest BCUT2D eigenvalue weighted by atomic mass is 19.1. The van der Waals surface area contributed by atoms with Gasteiger partial charge in [0.25, 0.3) is 0 Å². The summed E-state index contributed by atoms with van der Waals surface area (Å²) in [6.07, 6.45) is 1.13. The molecular weight excluding hydrogens is 231 g/mol. The molecule has 0 bridgehead atoms. The molecule has 3 nitrogen and oxygen atoms in total. The van der Waals surface area contributed by atoms with Gasteiger partial charge in [0.2, 0.25) is 0 Å². The first-order valence-corrected chi connectivity index (χ1v) is 6.34. The standard InChI is InChI=1S/C14H23FN2O/c1-12-11-13(5-6-14(12)15)18-10-8-16-7-4-9-17(2)3/h5-6,11,16H,4,7-10H2,1-3H3. The van der Waals surface area contributed by atoms with Gasteiger partial charge in [0.05, 0.1) is 0 Å². The molecule has 0 radical (unpaired) electrons. The molecule has 1 rings (SSSR count). The van der Waals surface area contributed by atoms with Gasteiger partial charge >= 0.3 is 0 Å². The number of nitrogens with one attached hydrogen (secondary N) is 1. The van der Waals surface area contributed by atoms with Gasteiger partial charge in [-0.2, -0.15) is 0 Å². The van der Waals surface area contributed by atoms with Gasteiger partial charge in [-0.15, -0.1) is 0 Å². The molecule has 0 aliphatic rings. The molecule has 0 aromatic heterocycles. The highest BCUT2D eigenvalue weighted by Gasteiger charge is 1.99. The summed E-state index contributed by atoms with van der Waals surface area (Å²) in [5.41, 5.74) is 0.617. The van der Waals surface area contributed by atoms with Gasteiger partial charge in [0.15, 0.2) is 0 Å². The van der Waals surface area contributed by atoms with Crippen molar-refractivity contribution in [2.45, 2.75) is 13.3 Å². The number of halogens is 1. The van der Waals surface area contributed by atoms with Gasteiger partial charge in [-0.3, -0.25) is 0 Å². The summed E-state index contributed by atoms with van der Waals surface area (Å²) in [6, 6.07) is 4.82. The predicted octanol–water partition coefficient (Wildman–Crippen LogP) is 2.05. The number of hydrogen-bond donors (Lipinski definition) is 1. The van der Waals surface area contributed by atoms with Crippen LogP contribution in [0.1, 0.15) is 12.0 Å². The Morgan fingerprint density at radius 3 is 2.72 bits per heavy atom. The molecule has 0 saturated heterocycles. The number of benzene rings is 1. The molecule has 1 N–H and O–H groups in total. The lowest BCUT2D eigenvalue weighted by atomic mass is 10.2. The predicted molar refractivity (Wildman–Crippen MR) is 72.7 cm³/mol.